The second-order valence-corrected chi connectivity index (χ2v) is 5.37. The lowest BCUT2D eigenvalue weighted by atomic mass is 10.2. The summed E-state index contributed by atoms with van der Waals surface area (Å²) in [5.74, 6) is -0.568. The minimum absolute atomic E-state index is 0.0872. The molecule has 6 heteroatoms. The van der Waals surface area contributed by atoms with E-state index >= 15 is 0 Å². The van der Waals surface area contributed by atoms with E-state index in [9.17, 15) is 13.6 Å². The van der Waals surface area contributed by atoms with Gasteiger partial charge in [-0.3, -0.25) is 14.7 Å². The topological polar surface area (TPSA) is 26.8 Å². The Kier molecular flexibility index (Phi) is 4.66. The van der Waals surface area contributed by atoms with Crippen LogP contribution in [-0.2, 0) is 4.79 Å². The van der Waals surface area contributed by atoms with E-state index in [1.807, 2.05) is 13.8 Å². The highest BCUT2D eigenvalue weighted by molar-refractivity contribution is 5.77. The molecule has 1 aliphatic heterocycles. The van der Waals surface area contributed by atoms with Crippen molar-refractivity contribution in [3.8, 4) is 0 Å². The number of hydrazine groups is 1. The fourth-order valence-electron chi connectivity index (χ4n) is 2.09. The SMILES string of the molecule is CC(C)C(=O)N(C)N1CCN(C(C)C)CC1(F)F. The second-order valence-electron chi connectivity index (χ2n) is 5.37. The molecule has 1 rings (SSSR count). The van der Waals surface area contributed by atoms with Crippen molar-refractivity contribution >= 4 is 5.91 Å². The van der Waals surface area contributed by atoms with Crippen LogP contribution in [0.5, 0.6) is 0 Å². The fraction of sp³-hybridized carbons (Fsp3) is 0.917. The van der Waals surface area contributed by atoms with Gasteiger partial charge in [-0.15, -0.1) is 0 Å². The summed E-state index contributed by atoms with van der Waals surface area (Å²) in [6.45, 7) is 7.59. The quantitative estimate of drug-likeness (QED) is 0.724. The summed E-state index contributed by atoms with van der Waals surface area (Å²) in [6.07, 6.45) is 0. The van der Waals surface area contributed by atoms with Gasteiger partial charge in [0.05, 0.1) is 6.54 Å². The predicted octanol–water partition coefficient (Wildman–Crippen LogP) is 1.63. The van der Waals surface area contributed by atoms with Gasteiger partial charge in [0.25, 0.3) is 0 Å². The molecule has 0 atom stereocenters. The number of carbonyl (C=O) groups is 1. The van der Waals surface area contributed by atoms with Crippen molar-refractivity contribution in [3.63, 3.8) is 0 Å². The van der Waals surface area contributed by atoms with Gasteiger partial charge in [-0.2, -0.15) is 13.8 Å². The molecule has 1 amide bonds. The molecule has 106 valence electrons. The molecule has 0 N–H and O–H groups in total. The molecule has 0 bridgehead atoms. The lowest BCUT2D eigenvalue weighted by molar-refractivity contribution is -0.259. The molecule has 4 nitrogen and oxygen atoms in total. The summed E-state index contributed by atoms with van der Waals surface area (Å²) in [6, 6.07) is -2.91. The lowest BCUT2D eigenvalue weighted by Crippen LogP contribution is -2.64. The standard InChI is InChI=1S/C12H23F2N3O/c1-9(2)11(18)15(5)17-7-6-16(10(3)4)8-12(17,13)14/h9-10H,6-8H2,1-5H3. The number of rotatable bonds is 3. The third kappa shape index (κ3) is 3.17. The Morgan fingerprint density at radius 1 is 1.22 bits per heavy atom. The summed E-state index contributed by atoms with van der Waals surface area (Å²) in [7, 11) is 1.42. The molecule has 1 saturated heterocycles. The number of nitrogens with zero attached hydrogens (tertiary/aromatic N) is 3. The monoisotopic (exact) mass is 263 g/mol. The summed E-state index contributed by atoms with van der Waals surface area (Å²) in [4.78, 5) is 13.5. The number of amides is 1. The van der Waals surface area contributed by atoms with Crippen molar-refractivity contribution in [2.75, 3.05) is 26.7 Å². The van der Waals surface area contributed by atoms with E-state index in [1.165, 1.54) is 7.05 Å². The molecular formula is C12H23F2N3O. The zero-order valence-electron chi connectivity index (χ0n) is 11.8. The van der Waals surface area contributed by atoms with Gasteiger partial charge >= 0.3 is 6.05 Å². The third-order valence-corrected chi connectivity index (χ3v) is 3.28. The molecule has 0 aromatic heterocycles. The molecule has 1 fully saturated rings. The molecule has 0 spiro atoms. The smallest absolute Gasteiger partial charge is 0.292 e. The van der Waals surface area contributed by atoms with Crippen LogP contribution in [0.25, 0.3) is 0 Å². The van der Waals surface area contributed by atoms with E-state index < -0.39 is 6.05 Å². The van der Waals surface area contributed by atoms with Crippen LogP contribution in [0.4, 0.5) is 8.78 Å². The van der Waals surface area contributed by atoms with E-state index in [0.717, 1.165) is 10.0 Å². The Labute approximate surface area is 107 Å². The zero-order chi connectivity index (χ0) is 14.1. The summed E-state index contributed by atoms with van der Waals surface area (Å²) in [5, 5.41) is 1.95. The van der Waals surface area contributed by atoms with E-state index in [0.29, 0.717) is 6.54 Å². The molecule has 0 saturated carbocycles. The average Bonchev–Trinajstić information content (AvgIpc) is 2.25. The summed E-state index contributed by atoms with van der Waals surface area (Å²) < 4.78 is 28.1. The van der Waals surface area contributed by atoms with Crippen LogP contribution >= 0.6 is 0 Å². The van der Waals surface area contributed by atoms with E-state index in [1.54, 1.807) is 18.7 Å². The number of halogens is 2. The highest BCUT2D eigenvalue weighted by atomic mass is 19.3. The Morgan fingerprint density at radius 3 is 2.17 bits per heavy atom. The molecule has 0 aromatic rings. The van der Waals surface area contributed by atoms with Gasteiger partial charge in [0.2, 0.25) is 5.91 Å². The Bertz CT molecular complexity index is 308. The maximum atomic E-state index is 14.0. The van der Waals surface area contributed by atoms with Gasteiger partial charge in [0.15, 0.2) is 0 Å². The van der Waals surface area contributed by atoms with Crippen LogP contribution in [0.2, 0.25) is 0 Å². The summed E-state index contributed by atoms with van der Waals surface area (Å²) >= 11 is 0. The van der Waals surface area contributed by atoms with Crippen molar-refractivity contribution < 1.29 is 13.6 Å². The van der Waals surface area contributed by atoms with Crippen LogP contribution < -0.4 is 0 Å². The maximum Gasteiger partial charge on any atom is 0.333 e. The van der Waals surface area contributed by atoms with Gasteiger partial charge in [0, 0.05) is 32.1 Å². The Balaban J connectivity index is 2.77. The first-order chi connectivity index (χ1) is 8.16. The molecule has 0 aliphatic carbocycles. The number of hydrogen-bond acceptors (Lipinski definition) is 3. The average molecular weight is 263 g/mol. The van der Waals surface area contributed by atoms with Crippen LogP contribution in [0.15, 0.2) is 0 Å². The molecular weight excluding hydrogens is 240 g/mol. The number of piperazine rings is 1. The first-order valence-electron chi connectivity index (χ1n) is 6.34. The Morgan fingerprint density at radius 2 is 1.78 bits per heavy atom. The maximum absolute atomic E-state index is 14.0. The van der Waals surface area contributed by atoms with E-state index in [-0.39, 0.29) is 31.0 Å². The lowest BCUT2D eigenvalue weighted by Gasteiger charge is -2.46. The van der Waals surface area contributed by atoms with Crippen molar-refractivity contribution in [3.05, 3.63) is 0 Å². The van der Waals surface area contributed by atoms with Gasteiger partial charge < -0.3 is 0 Å². The highest BCUT2D eigenvalue weighted by Gasteiger charge is 2.46. The van der Waals surface area contributed by atoms with Crippen LogP contribution in [0.1, 0.15) is 27.7 Å². The van der Waals surface area contributed by atoms with E-state index in [4.69, 9.17) is 0 Å². The molecule has 1 heterocycles. The molecule has 0 radical (unpaired) electrons. The fourth-order valence-corrected chi connectivity index (χ4v) is 2.09. The Hall–Kier alpha value is -0.750. The van der Waals surface area contributed by atoms with Crippen molar-refractivity contribution in [2.45, 2.75) is 39.8 Å². The largest absolute Gasteiger partial charge is 0.333 e. The van der Waals surface area contributed by atoms with Crippen molar-refractivity contribution in [2.24, 2.45) is 5.92 Å². The number of hydrogen-bond donors (Lipinski definition) is 0. The third-order valence-electron chi connectivity index (χ3n) is 3.28. The molecule has 1 aliphatic rings. The normalized spacial score (nSPS) is 21.6. The first-order valence-corrected chi connectivity index (χ1v) is 6.34. The molecule has 0 unspecified atom stereocenters. The predicted molar refractivity (Wildman–Crippen MR) is 66.0 cm³/mol. The highest BCUT2D eigenvalue weighted by Crippen LogP contribution is 2.27. The second kappa shape index (κ2) is 5.48. The zero-order valence-corrected chi connectivity index (χ0v) is 11.8. The van der Waals surface area contributed by atoms with Crippen LogP contribution in [-0.4, -0.2) is 59.6 Å². The van der Waals surface area contributed by atoms with Gasteiger partial charge in [-0.1, -0.05) is 13.8 Å². The van der Waals surface area contributed by atoms with Crippen LogP contribution in [0, 0.1) is 5.92 Å². The van der Waals surface area contributed by atoms with Gasteiger partial charge in [-0.05, 0) is 13.8 Å². The summed E-state index contributed by atoms with van der Waals surface area (Å²) in [5.41, 5.74) is 0. The molecule has 0 aromatic carbocycles. The minimum atomic E-state index is -3.00. The van der Waals surface area contributed by atoms with Crippen LogP contribution in [0.3, 0.4) is 0 Å². The van der Waals surface area contributed by atoms with E-state index in [2.05, 4.69) is 0 Å². The molecule has 18 heavy (non-hydrogen) atoms. The van der Waals surface area contributed by atoms with Crippen molar-refractivity contribution in [1.29, 1.82) is 0 Å². The first kappa shape index (κ1) is 15.3. The van der Waals surface area contributed by atoms with Gasteiger partial charge in [0.1, 0.15) is 0 Å². The van der Waals surface area contributed by atoms with Gasteiger partial charge in [-0.25, -0.2) is 0 Å². The van der Waals surface area contributed by atoms with Crippen molar-refractivity contribution in [1.82, 2.24) is 14.9 Å². The number of carbonyl (C=O) groups excluding carboxylic acids is 1. The number of alkyl halides is 2. The minimum Gasteiger partial charge on any atom is -0.292 e.